The summed E-state index contributed by atoms with van der Waals surface area (Å²) in [5.74, 6) is 0.965. The average molecular weight is 305 g/mol. The van der Waals surface area contributed by atoms with Gasteiger partial charge in [0.1, 0.15) is 6.10 Å². The molecule has 1 aromatic carbocycles. The number of hydrogen-bond donors (Lipinski definition) is 1. The molecular weight excluding hydrogens is 294 g/mol. The first kappa shape index (κ1) is 13.7. The number of benzene rings is 1. The van der Waals surface area contributed by atoms with Gasteiger partial charge in [-0.3, -0.25) is 10.1 Å². The molecule has 1 aliphatic heterocycles. The van der Waals surface area contributed by atoms with Crippen LogP contribution in [0.15, 0.2) is 34.5 Å². The fourth-order valence-electron chi connectivity index (χ4n) is 1.92. The van der Waals surface area contributed by atoms with Gasteiger partial charge in [0, 0.05) is 17.9 Å². The molecule has 1 N–H and O–H groups in total. The number of aliphatic hydroxyl groups is 1. The third-order valence-corrected chi connectivity index (χ3v) is 3.91. The van der Waals surface area contributed by atoms with Crippen LogP contribution in [0.5, 0.6) is 0 Å². The van der Waals surface area contributed by atoms with Gasteiger partial charge in [-0.1, -0.05) is 11.8 Å². The van der Waals surface area contributed by atoms with E-state index in [1.807, 2.05) is 0 Å². The van der Waals surface area contributed by atoms with Gasteiger partial charge in [0.05, 0.1) is 10.6 Å². The largest absolute Gasteiger partial charge is 0.385 e. The summed E-state index contributed by atoms with van der Waals surface area (Å²) in [6.07, 6.45) is -0.771. The maximum atomic E-state index is 10.7. The van der Waals surface area contributed by atoms with E-state index in [-0.39, 0.29) is 5.69 Å². The highest BCUT2D eigenvalue weighted by atomic mass is 32.2. The van der Waals surface area contributed by atoms with Crippen LogP contribution < -0.4 is 0 Å². The molecular formula is C12H11N5O3S. The van der Waals surface area contributed by atoms with Crippen LogP contribution in [0.1, 0.15) is 24.4 Å². The van der Waals surface area contributed by atoms with Crippen molar-refractivity contribution in [2.45, 2.75) is 18.2 Å². The molecule has 0 bridgehead atoms. The van der Waals surface area contributed by atoms with E-state index < -0.39 is 11.0 Å². The molecule has 108 valence electrons. The highest BCUT2D eigenvalue weighted by Gasteiger charge is 2.22. The Balaban J connectivity index is 1.98. The first-order chi connectivity index (χ1) is 10.1. The van der Waals surface area contributed by atoms with Crippen LogP contribution in [0.4, 0.5) is 5.69 Å². The number of fused-ring (bicyclic) bond motifs is 1. The van der Waals surface area contributed by atoms with Crippen molar-refractivity contribution in [3.63, 3.8) is 0 Å². The Hall–Kier alpha value is -2.26. The van der Waals surface area contributed by atoms with Crippen LogP contribution in [-0.2, 0) is 0 Å². The SMILES string of the molecule is CC(O)c1nnc2n1N=C(c1ccc([N+](=O)[O-])cc1)CS2. The van der Waals surface area contributed by atoms with Crippen molar-refractivity contribution in [3.05, 3.63) is 45.8 Å². The van der Waals surface area contributed by atoms with E-state index in [1.165, 1.54) is 28.6 Å². The molecule has 21 heavy (non-hydrogen) atoms. The number of non-ortho nitro benzene ring substituents is 1. The molecule has 0 radical (unpaired) electrons. The Morgan fingerprint density at radius 2 is 2.10 bits per heavy atom. The third-order valence-electron chi connectivity index (χ3n) is 2.98. The molecule has 1 atom stereocenters. The van der Waals surface area contributed by atoms with E-state index in [2.05, 4.69) is 15.3 Å². The summed E-state index contributed by atoms with van der Waals surface area (Å²) in [5, 5.41) is 33.2. The first-order valence-corrected chi connectivity index (χ1v) is 7.13. The summed E-state index contributed by atoms with van der Waals surface area (Å²) in [5.41, 5.74) is 1.59. The van der Waals surface area contributed by atoms with Crippen molar-refractivity contribution in [3.8, 4) is 0 Å². The van der Waals surface area contributed by atoms with Crippen LogP contribution in [0.2, 0.25) is 0 Å². The number of nitro benzene ring substituents is 1. The standard InChI is InChI=1S/C12H11N5O3S/c1-7(18)11-13-14-12-16(11)15-10(6-21-12)8-2-4-9(5-3-8)17(19)20/h2-5,7,18H,6H2,1H3. The number of thioether (sulfide) groups is 1. The lowest BCUT2D eigenvalue weighted by atomic mass is 10.1. The second-order valence-electron chi connectivity index (χ2n) is 4.47. The Morgan fingerprint density at radius 3 is 2.71 bits per heavy atom. The number of nitro groups is 1. The molecule has 2 aromatic rings. The van der Waals surface area contributed by atoms with E-state index in [0.29, 0.717) is 16.7 Å². The van der Waals surface area contributed by atoms with Crippen LogP contribution in [0.3, 0.4) is 0 Å². The molecule has 8 nitrogen and oxygen atoms in total. The topological polar surface area (TPSA) is 106 Å². The monoisotopic (exact) mass is 305 g/mol. The minimum absolute atomic E-state index is 0.0393. The lowest BCUT2D eigenvalue weighted by Gasteiger charge is -2.14. The van der Waals surface area contributed by atoms with Gasteiger partial charge in [-0.2, -0.15) is 9.78 Å². The Kier molecular flexibility index (Phi) is 3.43. The van der Waals surface area contributed by atoms with Gasteiger partial charge in [-0.15, -0.1) is 10.2 Å². The van der Waals surface area contributed by atoms with Crippen LogP contribution in [0.25, 0.3) is 0 Å². The molecule has 0 aliphatic carbocycles. The predicted octanol–water partition coefficient (Wildman–Crippen LogP) is 1.60. The lowest BCUT2D eigenvalue weighted by molar-refractivity contribution is -0.384. The first-order valence-electron chi connectivity index (χ1n) is 6.15. The maximum absolute atomic E-state index is 10.7. The summed E-state index contributed by atoms with van der Waals surface area (Å²) >= 11 is 1.45. The summed E-state index contributed by atoms with van der Waals surface area (Å²) in [6, 6.07) is 6.21. The van der Waals surface area contributed by atoms with Crippen LogP contribution >= 0.6 is 11.8 Å². The third kappa shape index (κ3) is 2.52. The number of rotatable bonds is 3. The minimum atomic E-state index is -0.771. The summed E-state index contributed by atoms with van der Waals surface area (Å²) in [6.45, 7) is 1.59. The zero-order valence-electron chi connectivity index (χ0n) is 11.0. The highest BCUT2D eigenvalue weighted by Crippen LogP contribution is 2.26. The second kappa shape index (κ2) is 5.26. The fraction of sp³-hybridized carbons (Fsp3) is 0.250. The van der Waals surface area contributed by atoms with Crippen LogP contribution in [-0.4, -0.2) is 36.4 Å². The van der Waals surface area contributed by atoms with Gasteiger partial charge in [0.15, 0.2) is 5.82 Å². The molecule has 1 aliphatic rings. The molecule has 0 amide bonds. The van der Waals surface area contributed by atoms with Gasteiger partial charge in [0.25, 0.3) is 5.69 Å². The van der Waals surface area contributed by atoms with Gasteiger partial charge in [-0.25, -0.2) is 0 Å². The van der Waals surface area contributed by atoms with Crippen molar-refractivity contribution >= 4 is 23.2 Å². The predicted molar refractivity (Wildman–Crippen MR) is 76.4 cm³/mol. The molecule has 1 unspecified atom stereocenters. The van der Waals surface area contributed by atoms with Gasteiger partial charge in [0.2, 0.25) is 5.16 Å². The maximum Gasteiger partial charge on any atom is 0.269 e. The zero-order valence-corrected chi connectivity index (χ0v) is 11.8. The average Bonchev–Trinajstić information content (AvgIpc) is 2.90. The van der Waals surface area contributed by atoms with Crippen molar-refractivity contribution in [2.75, 3.05) is 5.75 Å². The zero-order chi connectivity index (χ0) is 15.0. The number of aromatic nitrogens is 3. The summed E-state index contributed by atoms with van der Waals surface area (Å²) in [4.78, 5) is 10.2. The molecule has 0 spiro atoms. The molecule has 0 fully saturated rings. The molecule has 9 heteroatoms. The summed E-state index contributed by atoms with van der Waals surface area (Å²) < 4.78 is 1.51. The summed E-state index contributed by atoms with van der Waals surface area (Å²) in [7, 11) is 0. The normalized spacial score (nSPS) is 15.2. The van der Waals surface area contributed by atoms with Crippen LogP contribution in [0, 0.1) is 10.1 Å². The van der Waals surface area contributed by atoms with Crippen molar-refractivity contribution in [2.24, 2.45) is 5.10 Å². The Morgan fingerprint density at radius 1 is 1.38 bits per heavy atom. The number of aliphatic hydroxyl groups excluding tert-OH is 1. The Labute approximate surface area is 123 Å². The highest BCUT2D eigenvalue weighted by molar-refractivity contribution is 7.99. The van der Waals surface area contributed by atoms with E-state index in [1.54, 1.807) is 19.1 Å². The molecule has 0 saturated carbocycles. The number of nitrogens with zero attached hydrogens (tertiary/aromatic N) is 5. The second-order valence-corrected chi connectivity index (χ2v) is 5.41. The van der Waals surface area contributed by atoms with Gasteiger partial charge < -0.3 is 5.11 Å². The van der Waals surface area contributed by atoms with Gasteiger partial charge in [-0.05, 0) is 24.6 Å². The van der Waals surface area contributed by atoms with Crippen molar-refractivity contribution in [1.29, 1.82) is 0 Å². The molecule has 1 aromatic heterocycles. The quantitative estimate of drug-likeness (QED) is 0.682. The fourth-order valence-corrected chi connectivity index (χ4v) is 2.77. The van der Waals surface area contributed by atoms with Crippen molar-refractivity contribution in [1.82, 2.24) is 14.9 Å². The molecule has 2 heterocycles. The van der Waals surface area contributed by atoms with E-state index in [0.717, 1.165) is 11.3 Å². The minimum Gasteiger partial charge on any atom is -0.385 e. The van der Waals surface area contributed by atoms with E-state index in [9.17, 15) is 15.2 Å². The van der Waals surface area contributed by atoms with Crippen molar-refractivity contribution < 1.29 is 10.0 Å². The van der Waals surface area contributed by atoms with Gasteiger partial charge >= 0.3 is 0 Å². The van der Waals surface area contributed by atoms with E-state index >= 15 is 0 Å². The number of hydrogen-bond acceptors (Lipinski definition) is 7. The molecule has 0 saturated heterocycles. The smallest absolute Gasteiger partial charge is 0.269 e. The Bertz CT molecular complexity index is 723. The molecule has 3 rings (SSSR count). The lowest BCUT2D eigenvalue weighted by Crippen LogP contribution is -2.15. The van der Waals surface area contributed by atoms with E-state index in [4.69, 9.17) is 0 Å².